The molecule has 2 N–H and O–H groups in total. The number of hydrogen-bond acceptors (Lipinski definition) is 5. The van der Waals surface area contributed by atoms with E-state index < -0.39 is 17.7 Å². The van der Waals surface area contributed by atoms with E-state index in [1.54, 1.807) is 24.3 Å². The number of carbonyl (C=O) groups excluding carboxylic acids is 1. The Morgan fingerprint density at radius 3 is 2.54 bits per heavy atom. The van der Waals surface area contributed by atoms with Crippen molar-refractivity contribution in [1.29, 1.82) is 0 Å². The first kappa shape index (κ1) is 17.6. The molecule has 0 saturated heterocycles. The fraction of sp³-hybridized carbons (Fsp3) is 0.0556. The first-order valence-corrected chi connectivity index (χ1v) is 8.28. The monoisotopic (exact) mass is 372 g/mol. The number of nitrogens with one attached hydrogen (secondary N) is 1. The Hall–Kier alpha value is -3.26. The number of amides is 1. The number of hydrogen-bond donors (Lipinski definition) is 2. The molecule has 0 spiro atoms. The highest BCUT2D eigenvalue weighted by Gasteiger charge is 2.18. The Morgan fingerprint density at radius 2 is 1.92 bits per heavy atom. The number of aromatic nitrogens is 1. The van der Waals surface area contributed by atoms with Gasteiger partial charge in [0.05, 0.1) is 11.9 Å². The molecule has 0 aliphatic rings. The van der Waals surface area contributed by atoms with Crippen LogP contribution < -0.4 is 10.1 Å². The van der Waals surface area contributed by atoms with Crippen LogP contribution in [0.2, 0.25) is 0 Å². The van der Waals surface area contributed by atoms with E-state index in [0.29, 0.717) is 5.56 Å². The Balaban J connectivity index is 1.87. The van der Waals surface area contributed by atoms with E-state index in [2.05, 4.69) is 10.3 Å². The second-order valence-corrected chi connectivity index (χ2v) is 6.37. The molecule has 8 heteroatoms. The van der Waals surface area contributed by atoms with Gasteiger partial charge in [-0.2, -0.15) is 0 Å². The minimum absolute atomic E-state index is 0.0127. The summed E-state index contributed by atoms with van der Waals surface area (Å²) in [6.07, 6.45) is 0.978. The summed E-state index contributed by atoms with van der Waals surface area (Å²) < 4.78 is 18.5. The van der Waals surface area contributed by atoms with Crippen LogP contribution >= 0.6 is 11.3 Å². The van der Waals surface area contributed by atoms with Gasteiger partial charge in [-0.1, -0.05) is 29.0 Å². The maximum absolute atomic E-state index is 13.0. The first-order chi connectivity index (χ1) is 12.4. The van der Waals surface area contributed by atoms with Gasteiger partial charge in [0.25, 0.3) is 5.91 Å². The molecule has 3 aromatic rings. The summed E-state index contributed by atoms with van der Waals surface area (Å²) in [4.78, 5) is 27.4. The van der Waals surface area contributed by atoms with Crippen LogP contribution in [0.1, 0.15) is 25.6 Å². The number of nitrogens with zero attached hydrogens (tertiary/aromatic N) is 1. The number of anilines is 1. The lowest BCUT2D eigenvalue weighted by Crippen LogP contribution is -2.11. The number of carboxylic acid groups (broad SMARTS) is 1. The van der Waals surface area contributed by atoms with E-state index >= 15 is 0 Å². The fourth-order valence-corrected chi connectivity index (χ4v) is 2.87. The number of benzene rings is 1. The minimum atomic E-state index is -1.15. The van der Waals surface area contributed by atoms with E-state index in [9.17, 15) is 19.1 Å². The fourth-order valence-electron chi connectivity index (χ4n) is 2.06. The third kappa shape index (κ3) is 4.04. The highest BCUT2D eigenvalue weighted by atomic mass is 32.1. The zero-order valence-corrected chi connectivity index (χ0v) is 14.3. The zero-order valence-electron chi connectivity index (χ0n) is 13.5. The van der Waals surface area contributed by atoms with Crippen molar-refractivity contribution in [2.75, 3.05) is 5.32 Å². The number of ether oxygens (including phenoxy) is 1. The maximum atomic E-state index is 13.0. The number of aromatic carboxylic acids is 1. The molecule has 6 nitrogen and oxygen atoms in total. The molecule has 0 aliphatic carbocycles. The number of rotatable bonds is 5. The molecule has 0 bridgehead atoms. The average molecular weight is 372 g/mol. The normalized spacial score (nSPS) is 10.4. The van der Waals surface area contributed by atoms with Crippen molar-refractivity contribution in [3.8, 4) is 10.9 Å². The minimum Gasteiger partial charge on any atom is -0.477 e. The molecule has 0 atom stereocenters. The summed E-state index contributed by atoms with van der Waals surface area (Å²) in [7, 11) is 0. The highest BCUT2D eigenvalue weighted by Crippen LogP contribution is 2.38. The molecule has 132 valence electrons. The summed E-state index contributed by atoms with van der Waals surface area (Å²) in [6.45, 7) is 1.90. The smallest absolute Gasteiger partial charge is 0.346 e. The molecule has 1 aromatic carbocycles. The van der Waals surface area contributed by atoms with Gasteiger partial charge in [-0.05, 0) is 31.2 Å². The quantitative estimate of drug-likeness (QED) is 0.696. The molecule has 1 amide bonds. The van der Waals surface area contributed by atoms with E-state index in [1.807, 2.05) is 6.92 Å². The summed E-state index contributed by atoms with van der Waals surface area (Å²) in [5.74, 6) is -2.00. The van der Waals surface area contributed by atoms with Crippen LogP contribution in [-0.4, -0.2) is 22.0 Å². The summed E-state index contributed by atoms with van der Waals surface area (Å²) in [5, 5.41) is 12.0. The number of thiophene rings is 1. The Bertz CT molecular complexity index is 952. The molecule has 2 heterocycles. The third-order valence-electron chi connectivity index (χ3n) is 3.37. The van der Waals surface area contributed by atoms with E-state index in [4.69, 9.17) is 4.74 Å². The number of aryl methyl sites for hydroxylation is 1. The van der Waals surface area contributed by atoms with Crippen LogP contribution in [0.15, 0.2) is 48.7 Å². The lowest BCUT2D eigenvalue weighted by molar-refractivity contribution is 0.0701. The van der Waals surface area contributed by atoms with Crippen molar-refractivity contribution in [2.24, 2.45) is 0 Å². The van der Waals surface area contributed by atoms with Crippen LogP contribution in [0, 0.1) is 12.7 Å². The van der Waals surface area contributed by atoms with E-state index in [0.717, 1.165) is 23.1 Å². The van der Waals surface area contributed by atoms with E-state index in [-0.39, 0.29) is 21.5 Å². The van der Waals surface area contributed by atoms with Crippen LogP contribution in [0.4, 0.5) is 10.1 Å². The van der Waals surface area contributed by atoms with Gasteiger partial charge in [-0.3, -0.25) is 4.79 Å². The predicted molar refractivity (Wildman–Crippen MR) is 94.7 cm³/mol. The van der Waals surface area contributed by atoms with Crippen LogP contribution in [0.3, 0.4) is 0 Å². The predicted octanol–water partition coefficient (Wildman–Crippen LogP) is 4.33. The number of pyridine rings is 1. The van der Waals surface area contributed by atoms with Crippen molar-refractivity contribution in [2.45, 2.75) is 6.92 Å². The van der Waals surface area contributed by atoms with Gasteiger partial charge >= 0.3 is 5.97 Å². The largest absolute Gasteiger partial charge is 0.477 e. The van der Waals surface area contributed by atoms with Gasteiger partial charge in [0.1, 0.15) is 10.7 Å². The summed E-state index contributed by atoms with van der Waals surface area (Å²) >= 11 is 0.836. The van der Waals surface area contributed by atoms with Crippen molar-refractivity contribution in [1.82, 2.24) is 4.98 Å². The number of halogens is 1. The molecule has 0 unspecified atom stereocenters. The lowest BCUT2D eigenvalue weighted by atomic mass is 10.1. The summed E-state index contributed by atoms with van der Waals surface area (Å²) in [5.41, 5.74) is 1.63. The maximum Gasteiger partial charge on any atom is 0.346 e. The Labute approximate surface area is 151 Å². The second-order valence-electron chi connectivity index (χ2n) is 5.35. The van der Waals surface area contributed by atoms with E-state index in [1.165, 1.54) is 18.2 Å². The van der Waals surface area contributed by atoms with Crippen LogP contribution in [0.5, 0.6) is 10.9 Å². The van der Waals surface area contributed by atoms with Gasteiger partial charge in [-0.25, -0.2) is 14.2 Å². The SMILES string of the molecule is Cc1ccc(C(=O)Nc2cc(C(=O)O)sc2Oc2ccc(F)cn2)cc1. The number of carboxylic acids is 1. The molecular formula is C18H13FN2O4S. The van der Waals surface area contributed by atoms with Crippen LogP contribution in [-0.2, 0) is 0 Å². The topological polar surface area (TPSA) is 88.5 Å². The molecule has 2 aromatic heterocycles. The summed E-state index contributed by atoms with van der Waals surface area (Å²) in [6, 6.07) is 10.7. The van der Waals surface area contributed by atoms with Gasteiger partial charge in [0.2, 0.25) is 10.9 Å². The average Bonchev–Trinajstić information content (AvgIpc) is 3.00. The molecular weight excluding hydrogens is 359 g/mol. The van der Waals surface area contributed by atoms with Crippen molar-refractivity contribution < 1.29 is 23.8 Å². The first-order valence-electron chi connectivity index (χ1n) is 7.47. The lowest BCUT2D eigenvalue weighted by Gasteiger charge is -2.07. The van der Waals surface area contributed by atoms with Gasteiger partial charge in [0.15, 0.2) is 0 Å². The molecule has 0 radical (unpaired) electrons. The second kappa shape index (κ2) is 7.32. The Kier molecular flexibility index (Phi) is 4.94. The number of carbonyl (C=O) groups is 2. The third-order valence-corrected chi connectivity index (χ3v) is 4.37. The van der Waals surface area contributed by atoms with Crippen molar-refractivity contribution in [3.63, 3.8) is 0 Å². The van der Waals surface area contributed by atoms with Crippen molar-refractivity contribution in [3.05, 3.63) is 70.5 Å². The van der Waals surface area contributed by atoms with Crippen molar-refractivity contribution >= 4 is 28.9 Å². The van der Waals surface area contributed by atoms with Gasteiger partial charge in [0, 0.05) is 11.6 Å². The molecule has 0 fully saturated rings. The zero-order chi connectivity index (χ0) is 18.7. The highest BCUT2D eigenvalue weighted by molar-refractivity contribution is 7.16. The Morgan fingerprint density at radius 1 is 1.19 bits per heavy atom. The molecule has 0 saturated carbocycles. The van der Waals surface area contributed by atoms with Gasteiger partial charge in [-0.15, -0.1) is 0 Å². The molecule has 26 heavy (non-hydrogen) atoms. The van der Waals surface area contributed by atoms with Gasteiger partial charge < -0.3 is 15.2 Å². The molecule has 3 rings (SSSR count). The van der Waals surface area contributed by atoms with Crippen LogP contribution in [0.25, 0.3) is 0 Å². The molecule has 0 aliphatic heterocycles. The standard InChI is InChI=1S/C18H13FN2O4S/c1-10-2-4-11(5-3-10)16(22)21-13-8-14(17(23)24)26-18(13)25-15-7-6-12(19)9-20-15/h2-9H,1H3,(H,21,22)(H,23,24).